The highest BCUT2D eigenvalue weighted by Crippen LogP contribution is 2.18. The summed E-state index contributed by atoms with van der Waals surface area (Å²) in [4.78, 5) is 13.7. The molecule has 2 N–H and O–H groups in total. The first-order valence-electron chi connectivity index (χ1n) is 8.62. The van der Waals surface area contributed by atoms with Gasteiger partial charge < -0.3 is 15.5 Å². The van der Waals surface area contributed by atoms with Crippen LogP contribution in [0.15, 0.2) is 23.0 Å². The number of anilines is 1. The van der Waals surface area contributed by atoms with E-state index in [4.69, 9.17) is 4.99 Å². The molecule has 0 saturated carbocycles. The molecular formula is C17H31IN6S. The van der Waals surface area contributed by atoms with Crippen LogP contribution in [0.5, 0.6) is 0 Å². The molecule has 1 aliphatic heterocycles. The van der Waals surface area contributed by atoms with Crippen molar-refractivity contribution in [3.05, 3.63) is 23.7 Å². The average Bonchev–Trinajstić information content (AvgIpc) is 3.04. The first-order valence-corrected chi connectivity index (χ1v) is 9.50. The molecule has 0 atom stereocenters. The number of halogens is 1. The molecule has 0 spiro atoms. The third kappa shape index (κ3) is 7.49. The van der Waals surface area contributed by atoms with Crippen LogP contribution in [-0.2, 0) is 6.54 Å². The lowest BCUT2D eigenvalue weighted by Gasteiger charge is -2.32. The van der Waals surface area contributed by atoms with Gasteiger partial charge in [-0.3, -0.25) is 4.90 Å². The van der Waals surface area contributed by atoms with E-state index in [-0.39, 0.29) is 24.0 Å². The SMILES string of the molecule is C=CCN1CCC(NC(=NCc2csc(N(C)C)n2)NCC)CC1.I. The molecule has 6 nitrogen and oxygen atoms in total. The van der Waals surface area contributed by atoms with E-state index in [0.29, 0.717) is 12.6 Å². The molecule has 1 aromatic rings. The van der Waals surface area contributed by atoms with Crippen LogP contribution in [0.3, 0.4) is 0 Å². The second-order valence-electron chi connectivity index (χ2n) is 6.22. The van der Waals surface area contributed by atoms with Crippen LogP contribution in [0.4, 0.5) is 5.13 Å². The summed E-state index contributed by atoms with van der Waals surface area (Å²) in [5.41, 5.74) is 1.02. The summed E-state index contributed by atoms with van der Waals surface area (Å²) in [5, 5.41) is 10.0. The Bertz CT molecular complexity index is 537. The van der Waals surface area contributed by atoms with Gasteiger partial charge in [0.15, 0.2) is 11.1 Å². The van der Waals surface area contributed by atoms with Gasteiger partial charge in [-0.2, -0.15) is 0 Å². The van der Waals surface area contributed by atoms with Gasteiger partial charge >= 0.3 is 0 Å². The Balaban J connectivity index is 0.00000312. The highest BCUT2D eigenvalue weighted by Gasteiger charge is 2.19. The van der Waals surface area contributed by atoms with Crippen LogP contribution in [0, 0.1) is 0 Å². The minimum atomic E-state index is 0. The molecule has 142 valence electrons. The molecule has 8 heteroatoms. The number of likely N-dealkylation sites (tertiary alicyclic amines) is 1. The maximum Gasteiger partial charge on any atom is 0.191 e. The Morgan fingerprint density at radius 1 is 1.48 bits per heavy atom. The van der Waals surface area contributed by atoms with Crippen LogP contribution < -0.4 is 15.5 Å². The molecule has 0 aromatic carbocycles. The number of nitrogens with zero attached hydrogens (tertiary/aromatic N) is 4. The lowest BCUT2D eigenvalue weighted by molar-refractivity contribution is 0.225. The second kappa shape index (κ2) is 11.7. The van der Waals surface area contributed by atoms with E-state index in [1.807, 2.05) is 25.1 Å². The zero-order chi connectivity index (χ0) is 17.4. The smallest absolute Gasteiger partial charge is 0.191 e. The van der Waals surface area contributed by atoms with Gasteiger partial charge in [-0.05, 0) is 19.8 Å². The van der Waals surface area contributed by atoms with Gasteiger partial charge in [-0.15, -0.1) is 41.9 Å². The number of aromatic nitrogens is 1. The Hall–Kier alpha value is -0.870. The zero-order valence-electron chi connectivity index (χ0n) is 15.5. The highest BCUT2D eigenvalue weighted by molar-refractivity contribution is 14.0. The van der Waals surface area contributed by atoms with Crippen molar-refractivity contribution < 1.29 is 0 Å². The third-order valence-electron chi connectivity index (χ3n) is 3.98. The standard InChI is InChI=1S/C17H30N6S.HI/c1-5-9-23-10-7-14(8-11-23)20-16(18-6-2)19-12-15-13-24-17(21-15)22(3)4;/h5,13-14H,1,6-12H2,2-4H3,(H2,18,19,20);1H. The topological polar surface area (TPSA) is 55.8 Å². The van der Waals surface area contributed by atoms with Crippen LogP contribution in [0.25, 0.3) is 0 Å². The summed E-state index contributed by atoms with van der Waals surface area (Å²) < 4.78 is 0. The van der Waals surface area contributed by atoms with E-state index >= 15 is 0 Å². The molecule has 0 radical (unpaired) electrons. The minimum Gasteiger partial charge on any atom is -0.357 e. The van der Waals surface area contributed by atoms with Crippen molar-refractivity contribution in [3.8, 4) is 0 Å². The van der Waals surface area contributed by atoms with Gasteiger partial charge in [0.1, 0.15) is 0 Å². The highest BCUT2D eigenvalue weighted by atomic mass is 127. The van der Waals surface area contributed by atoms with Crippen LogP contribution >= 0.6 is 35.3 Å². The van der Waals surface area contributed by atoms with E-state index < -0.39 is 0 Å². The first kappa shape index (κ1) is 22.2. The average molecular weight is 478 g/mol. The largest absolute Gasteiger partial charge is 0.357 e. The molecule has 0 bridgehead atoms. The molecule has 2 rings (SSSR count). The number of hydrogen-bond donors (Lipinski definition) is 2. The normalized spacial score (nSPS) is 16.2. The zero-order valence-corrected chi connectivity index (χ0v) is 18.6. The first-order chi connectivity index (χ1) is 11.6. The number of thiazole rings is 1. The molecule has 0 unspecified atom stereocenters. The fourth-order valence-electron chi connectivity index (χ4n) is 2.69. The molecule has 1 saturated heterocycles. The number of nitrogens with one attached hydrogen (secondary N) is 2. The fraction of sp³-hybridized carbons (Fsp3) is 0.647. The van der Waals surface area contributed by atoms with E-state index in [9.17, 15) is 0 Å². The van der Waals surface area contributed by atoms with E-state index in [1.165, 1.54) is 0 Å². The number of rotatable bonds is 7. The monoisotopic (exact) mass is 478 g/mol. The molecule has 1 fully saturated rings. The van der Waals surface area contributed by atoms with E-state index in [0.717, 1.165) is 55.8 Å². The summed E-state index contributed by atoms with van der Waals surface area (Å²) in [6, 6.07) is 0.483. The molecular weight excluding hydrogens is 447 g/mol. The molecule has 0 amide bonds. The van der Waals surface area contributed by atoms with Gasteiger partial charge in [-0.1, -0.05) is 6.08 Å². The van der Waals surface area contributed by atoms with Gasteiger partial charge in [0, 0.05) is 51.7 Å². The molecule has 1 aromatic heterocycles. The Morgan fingerprint density at radius 3 is 2.76 bits per heavy atom. The lowest BCUT2D eigenvalue weighted by Crippen LogP contribution is -2.48. The number of hydrogen-bond acceptors (Lipinski definition) is 5. The van der Waals surface area contributed by atoms with Crippen molar-refractivity contribution in [2.24, 2.45) is 4.99 Å². The Labute approximate surface area is 172 Å². The van der Waals surface area contributed by atoms with E-state index in [2.05, 4.69) is 39.4 Å². The summed E-state index contributed by atoms with van der Waals surface area (Å²) in [6.45, 7) is 10.6. The third-order valence-corrected chi connectivity index (χ3v) is 5.04. The van der Waals surface area contributed by atoms with Crippen molar-refractivity contribution in [2.45, 2.75) is 32.4 Å². The maximum absolute atomic E-state index is 4.70. The van der Waals surface area contributed by atoms with Crippen molar-refractivity contribution in [2.75, 3.05) is 45.2 Å². The van der Waals surface area contributed by atoms with Gasteiger partial charge in [-0.25, -0.2) is 9.98 Å². The van der Waals surface area contributed by atoms with Crippen molar-refractivity contribution in [1.29, 1.82) is 0 Å². The summed E-state index contributed by atoms with van der Waals surface area (Å²) in [5.74, 6) is 0.888. The van der Waals surface area contributed by atoms with Crippen molar-refractivity contribution in [1.82, 2.24) is 20.5 Å². The van der Waals surface area contributed by atoms with Crippen molar-refractivity contribution in [3.63, 3.8) is 0 Å². The van der Waals surface area contributed by atoms with Crippen LogP contribution in [0.1, 0.15) is 25.5 Å². The van der Waals surface area contributed by atoms with Crippen LogP contribution in [0.2, 0.25) is 0 Å². The molecule has 25 heavy (non-hydrogen) atoms. The van der Waals surface area contributed by atoms with Crippen molar-refractivity contribution >= 4 is 46.4 Å². The van der Waals surface area contributed by atoms with E-state index in [1.54, 1.807) is 11.3 Å². The number of guanidine groups is 1. The Kier molecular flexibility index (Phi) is 10.4. The minimum absolute atomic E-state index is 0. The lowest BCUT2D eigenvalue weighted by atomic mass is 10.1. The maximum atomic E-state index is 4.70. The molecule has 0 aliphatic carbocycles. The van der Waals surface area contributed by atoms with Gasteiger partial charge in [0.2, 0.25) is 0 Å². The van der Waals surface area contributed by atoms with Crippen LogP contribution in [-0.4, -0.2) is 62.2 Å². The fourth-order valence-corrected chi connectivity index (χ4v) is 3.44. The molecule has 1 aliphatic rings. The molecule has 2 heterocycles. The number of aliphatic imine (C=N–C) groups is 1. The number of piperidine rings is 1. The quantitative estimate of drug-likeness (QED) is 0.273. The summed E-state index contributed by atoms with van der Waals surface area (Å²) >= 11 is 1.65. The predicted molar refractivity (Wildman–Crippen MR) is 119 cm³/mol. The van der Waals surface area contributed by atoms with Gasteiger partial charge in [0.05, 0.1) is 12.2 Å². The summed E-state index contributed by atoms with van der Waals surface area (Å²) in [7, 11) is 4.02. The van der Waals surface area contributed by atoms with Gasteiger partial charge in [0.25, 0.3) is 0 Å². The second-order valence-corrected chi connectivity index (χ2v) is 7.06. The Morgan fingerprint density at radius 2 is 2.20 bits per heavy atom. The predicted octanol–water partition coefficient (Wildman–Crippen LogP) is 2.53. The summed E-state index contributed by atoms with van der Waals surface area (Å²) in [6.07, 6.45) is 4.26.